The van der Waals surface area contributed by atoms with Crippen LogP contribution in [0.25, 0.3) is 0 Å². The molecule has 1 heteroatoms. The molecule has 0 nitrogen and oxygen atoms in total. The molecule has 144 valence electrons. The van der Waals surface area contributed by atoms with E-state index in [1.165, 1.54) is 96.3 Å². The van der Waals surface area contributed by atoms with E-state index in [9.17, 15) is 0 Å². The first kappa shape index (κ1) is 20.8. The number of hydrogen-bond acceptors (Lipinski definition) is 0. The zero-order valence-electron chi connectivity index (χ0n) is 16.8. The Morgan fingerprint density at radius 1 is 0.875 bits per heavy atom. The molecule has 0 aromatic heterocycles. The van der Waals surface area contributed by atoms with Crippen molar-refractivity contribution in [2.45, 2.75) is 114 Å². The Balaban J connectivity index is 1.50. The molecule has 1 heterocycles. The maximum atomic E-state index is 4.64. The van der Waals surface area contributed by atoms with E-state index in [1.54, 1.807) is 12.4 Å². The first-order valence-electron chi connectivity index (χ1n) is 11.1. The fourth-order valence-electron chi connectivity index (χ4n) is 4.68. The van der Waals surface area contributed by atoms with Crippen LogP contribution < -0.4 is 18.4 Å². The molecule has 2 rings (SSSR count). The van der Waals surface area contributed by atoms with Crippen LogP contribution in [0.4, 0.5) is 0 Å². The Hall–Kier alpha value is 0.470. The first-order valence-corrected chi connectivity index (χ1v) is 16.5. The summed E-state index contributed by atoms with van der Waals surface area (Å²) in [7, 11) is 0. The molecule has 2 fully saturated rings. The molecule has 24 heavy (non-hydrogen) atoms. The van der Waals surface area contributed by atoms with Gasteiger partial charge < -0.3 is 0 Å². The summed E-state index contributed by atoms with van der Waals surface area (Å²) in [6.45, 7) is 9.57. The van der Waals surface area contributed by atoms with E-state index < -0.39 is 18.4 Å². The SMILES string of the molecule is C=C(CCCCCCCCCCCC)[I-]1(C(C)C2CCCC2)CC1. The minimum absolute atomic E-state index is 1.09. The fourth-order valence-corrected chi connectivity index (χ4v) is 17.1. The zero-order chi connectivity index (χ0) is 17.3. The van der Waals surface area contributed by atoms with Crippen molar-refractivity contribution in [1.29, 1.82) is 0 Å². The van der Waals surface area contributed by atoms with Crippen LogP contribution >= 0.6 is 0 Å². The summed E-state index contributed by atoms with van der Waals surface area (Å²) in [5.41, 5.74) is 0. The number of alkyl halides is 3. The van der Waals surface area contributed by atoms with Crippen LogP contribution in [0, 0.1) is 5.92 Å². The molecular formula is C23H44I-. The van der Waals surface area contributed by atoms with Gasteiger partial charge in [-0.1, -0.05) is 6.92 Å². The standard InChI is InChI=1S/C23H44I/c1-4-5-6-7-8-9-10-11-12-13-16-21(2)24(19-20-24)22(3)23-17-14-15-18-23/h22-23H,2,4-20H2,1,3H3/q-1. The van der Waals surface area contributed by atoms with Gasteiger partial charge in [0, 0.05) is 0 Å². The van der Waals surface area contributed by atoms with Crippen LogP contribution in [0.5, 0.6) is 0 Å². The number of halogens is 1. The number of unbranched alkanes of at least 4 members (excludes halogenated alkanes) is 9. The zero-order valence-corrected chi connectivity index (χ0v) is 18.9. The molecule has 1 aliphatic heterocycles. The third kappa shape index (κ3) is 6.32. The normalized spacial score (nSPS) is 22.4. The molecule has 0 bridgehead atoms. The summed E-state index contributed by atoms with van der Waals surface area (Å²) in [6.07, 6.45) is 22.0. The maximum absolute atomic E-state index is 4.64. The van der Waals surface area contributed by atoms with Crippen molar-refractivity contribution >= 4 is 0 Å². The quantitative estimate of drug-likeness (QED) is 0.208. The summed E-state index contributed by atoms with van der Waals surface area (Å²) < 4.78 is 6.15. The molecular weight excluding hydrogens is 403 g/mol. The molecule has 1 aliphatic carbocycles. The van der Waals surface area contributed by atoms with Gasteiger partial charge in [-0.15, -0.1) is 0 Å². The van der Waals surface area contributed by atoms with E-state index >= 15 is 0 Å². The van der Waals surface area contributed by atoms with Crippen molar-refractivity contribution in [2.24, 2.45) is 5.92 Å². The molecule has 1 saturated carbocycles. The summed E-state index contributed by atoms with van der Waals surface area (Å²) in [5, 5.41) is 0. The second-order valence-corrected chi connectivity index (χ2v) is 19.1. The van der Waals surface area contributed by atoms with Crippen LogP contribution in [0.3, 0.4) is 0 Å². The van der Waals surface area contributed by atoms with E-state index in [2.05, 4.69) is 20.4 Å². The Bertz CT molecular complexity index is 349. The van der Waals surface area contributed by atoms with Crippen molar-refractivity contribution in [2.75, 3.05) is 8.86 Å². The van der Waals surface area contributed by atoms with Gasteiger partial charge in [-0.05, 0) is 0 Å². The molecule has 0 aromatic carbocycles. The second-order valence-electron chi connectivity index (χ2n) is 8.42. The van der Waals surface area contributed by atoms with E-state index in [4.69, 9.17) is 0 Å². The monoisotopic (exact) mass is 447 g/mol. The molecule has 0 N–H and O–H groups in total. The average Bonchev–Trinajstić information content (AvgIpc) is 3.22. The van der Waals surface area contributed by atoms with E-state index in [1.807, 2.05) is 0 Å². The Kier molecular flexibility index (Phi) is 9.73. The van der Waals surface area contributed by atoms with Crippen LogP contribution in [-0.4, -0.2) is 12.8 Å². The van der Waals surface area contributed by atoms with Gasteiger partial charge in [0.2, 0.25) is 0 Å². The number of hydrogen-bond donors (Lipinski definition) is 0. The van der Waals surface area contributed by atoms with Crippen molar-refractivity contribution < 1.29 is 18.4 Å². The third-order valence-corrected chi connectivity index (χ3v) is 18.4. The fraction of sp³-hybridized carbons (Fsp3) is 0.913. The topological polar surface area (TPSA) is 0 Å². The van der Waals surface area contributed by atoms with E-state index in [-0.39, 0.29) is 0 Å². The molecule has 1 atom stereocenters. The van der Waals surface area contributed by atoms with Gasteiger partial charge in [0.15, 0.2) is 0 Å². The molecule has 1 saturated heterocycles. The van der Waals surface area contributed by atoms with Crippen LogP contribution in [0.15, 0.2) is 10.2 Å². The Morgan fingerprint density at radius 3 is 1.88 bits per heavy atom. The summed E-state index contributed by atoms with van der Waals surface area (Å²) in [6, 6.07) is 0. The van der Waals surface area contributed by atoms with Gasteiger partial charge in [-0.2, -0.15) is 0 Å². The van der Waals surface area contributed by atoms with Crippen molar-refractivity contribution in [1.82, 2.24) is 0 Å². The van der Waals surface area contributed by atoms with Crippen molar-refractivity contribution in [3.63, 3.8) is 0 Å². The third-order valence-electron chi connectivity index (χ3n) is 6.64. The molecule has 0 radical (unpaired) electrons. The first-order chi connectivity index (χ1) is 11.7. The van der Waals surface area contributed by atoms with Gasteiger partial charge in [-0.25, -0.2) is 0 Å². The number of rotatable bonds is 14. The van der Waals surface area contributed by atoms with Gasteiger partial charge >= 0.3 is 151 Å². The molecule has 0 spiro atoms. The van der Waals surface area contributed by atoms with Gasteiger partial charge in [0.05, 0.1) is 0 Å². The summed E-state index contributed by atoms with van der Waals surface area (Å²) >= 11 is -1.48. The van der Waals surface area contributed by atoms with Gasteiger partial charge in [0.25, 0.3) is 0 Å². The van der Waals surface area contributed by atoms with Crippen molar-refractivity contribution in [3.8, 4) is 0 Å². The van der Waals surface area contributed by atoms with Crippen LogP contribution in [0.2, 0.25) is 0 Å². The van der Waals surface area contributed by atoms with Crippen LogP contribution in [-0.2, 0) is 0 Å². The molecule has 0 amide bonds. The predicted octanol–water partition coefficient (Wildman–Crippen LogP) is 4.56. The van der Waals surface area contributed by atoms with Crippen LogP contribution in [0.1, 0.15) is 110 Å². The second kappa shape index (κ2) is 11.2. The molecule has 1 unspecified atom stereocenters. The Labute approximate surface area is 157 Å². The van der Waals surface area contributed by atoms with E-state index in [0.717, 1.165) is 9.84 Å². The molecule has 2 aliphatic rings. The summed E-state index contributed by atoms with van der Waals surface area (Å²) in [4.78, 5) is 0. The predicted molar refractivity (Wildman–Crippen MR) is 107 cm³/mol. The minimum atomic E-state index is -1.48. The average molecular weight is 448 g/mol. The number of allylic oxidation sites excluding steroid dienone is 1. The van der Waals surface area contributed by atoms with E-state index in [0.29, 0.717) is 0 Å². The Morgan fingerprint density at radius 2 is 1.38 bits per heavy atom. The van der Waals surface area contributed by atoms with Crippen molar-refractivity contribution in [3.05, 3.63) is 10.2 Å². The van der Waals surface area contributed by atoms with Gasteiger partial charge in [-0.3, -0.25) is 0 Å². The summed E-state index contributed by atoms with van der Waals surface area (Å²) in [5.74, 6) is 1.09. The van der Waals surface area contributed by atoms with Gasteiger partial charge in [0.1, 0.15) is 0 Å². The molecule has 0 aromatic rings.